The Morgan fingerprint density at radius 3 is 2.84 bits per heavy atom. The van der Waals surface area contributed by atoms with Crippen molar-refractivity contribution in [2.24, 2.45) is 0 Å². The van der Waals surface area contributed by atoms with E-state index < -0.39 is 15.8 Å². The molecule has 0 amide bonds. The van der Waals surface area contributed by atoms with Crippen LogP contribution in [0, 0.1) is 6.92 Å². The summed E-state index contributed by atoms with van der Waals surface area (Å²) in [7, 11) is -3.46. The van der Waals surface area contributed by atoms with Crippen molar-refractivity contribution in [2.75, 3.05) is 5.75 Å². The van der Waals surface area contributed by atoms with Crippen molar-refractivity contribution in [3.63, 3.8) is 0 Å². The summed E-state index contributed by atoms with van der Waals surface area (Å²) in [6.07, 6.45) is -0.387. The zero-order chi connectivity index (χ0) is 14.0. The predicted octanol–water partition coefficient (Wildman–Crippen LogP) is 1.26. The van der Waals surface area contributed by atoms with Crippen molar-refractivity contribution in [1.82, 2.24) is 9.97 Å². The molecule has 1 aromatic carbocycles. The average Bonchev–Trinajstić information content (AvgIpc) is 2.67. The summed E-state index contributed by atoms with van der Waals surface area (Å²) >= 11 is 0. The van der Waals surface area contributed by atoms with Crippen LogP contribution in [0.3, 0.4) is 0 Å². The molecule has 0 spiro atoms. The molecule has 2 aromatic rings. The van der Waals surface area contributed by atoms with Crippen LogP contribution in [0.15, 0.2) is 18.2 Å². The van der Waals surface area contributed by atoms with Crippen molar-refractivity contribution >= 4 is 26.8 Å². The quantitative estimate of drug-likeness (QED) is 0.860. The van der Waals surface area contributed by atoms with Gasteiger partial charge in [-0.25, -0.2) is 13.4 Å². The molecule has 7 heteroatoms. The van der Waals surface area contributed by atoms with Crippen molar-refractivity contribution in [3.8, 4) is 0 Å². The SMILES string of the molecule is Cc1ccc2nc(CS(=O)(=O)CCC(=O)O)[nH]c2c1. The first-order chi connectivity index (χ1) is 8.85. The lowest BCUT2D eigenvalue weighted by Gasteiger charge is -1.99. The van der Waals surface area contributed by atoms with Crippen LogP contribution in [0.25, 0.3) is 11.0 Å². The Morgan fingerprint density at radius 2 is 2.16 bits per heavy atom. The minimum absolute atomic E-state index is 0.270. The maximum atomic E-state index is 11.7. The lowest BCUT2D eigenvalue weighted by Crippen LogP contribution is -2.13. The van der Waals surface area contributed by atoms with Gasteiger partial charge in [0, 0.05) is 0 Å². The lowest BCUT2D eigenvalue weighted by molar-refractivity contribution is -0.136. The van der Waals surface area contributed by atoms with Gasteiger partial charge < -0.3 is 10.1 Å². The Kier molecular flexibility index (Phi) is 3.57. The van der Waals surface area contributed by atoms with E-state index in [0.717, 1.165) is 11.1 Å². The fourth-order valence-electron chi connectivity index (χ4n) is 1.77. The lowest BCUT2D eigenvalue weighted by atomic mass is 10.2. The highest BCUT2D eigenvalue weighted by Gasteiger charge is 2.16. The maximum absolute atomic E-state index is 11.7. The number of imidazole rings is 1. The van der Waals surface area contributed by atoms with E-state index in [4.69, 9.17) is 5.11 Å². The first kappa shape index (κ1) is 13.5. The van der Waals surface area contributed by atoms with Crippen LogP contribution in [0.5, 0.6) is 0 Å². The highest BCUT2D eigenvalue weighted by Crippen LogP contribution is 2.15. The number of carbonyl (C=O) groups is 1. The molecule has 0 atom stereocenters. The van der Waals surface area contributed by atoms with Crippen molar-refractivity contribution in [3.05, 3.63) is 29.6 Å². The van der Waals surface area contributed by atoms with Crippen LogP contribution in [-0.4, -0.2) is 35.2 Å². The average molecular weight is 282 g/mol. The summed E-state index contributed by atoms with van der Waals surface area (Å²) in [5, 5.41) is 8.50. The van der Waals surface area contributed by atoms with Gasteiger partial charge in [-0.15, -0.1) is 0 Å². The minimum atomic E-state index is -3.46. The van der Waals surface area contributed by atoms with Crippen molar-refractivity contribution in [2.45, 2.75) is 19.1 Å². The number of hydrogen-bond donors (Lipinski definition) is 2. The van der Waals surface area contributed by atoms with E-state index in [-0.39, 0.29) is 17.9 Å². The highest BCUT2D eigenvalue weighted by molar-refractivity contribution is 7.90. The molecular weight excluding hydrogens is 268 g/mol. The molecule has 0 radical (unpaired) electrons. The third kappa shape index (κ3) is 3.54. The van der Waals surface area contributed by atoms with Gasteiger partial charge in [-0.3, -0.25) is 4.79 Å². The largest absolute Gasteiger partial charge is 0.481 e. The zero-order valence-corrected chi connectivity index (χ0v) is 11.2. The van der Waals surface area contributed by atoms with E-state index in [1.807, 2.05) is 25.1 Å². The number of aromatic nitrogens is 2. The third-order valence-corrected chi connectivity index (χ3v) is 4.21. The van der Waals surface area contributed by atoms with Gasteiger partial charge in [0.05, 0.1) is 23.2 Å². The number of aromatic amines is 1. The molecule has 0 saturated heterocycles. The second kappa shape index (κ2) is 5.00. The summed E-state index contributed by atoms with van der Waals surface area (Å²) in [6, 6.07) is 5.59. The van der Waals surface area contributed by atoms with Gasteiger partial charge in [-0.1, -0.05) is 6.07 Å². The Morgan fingerprint density at radius 1 is 1.42 bits per heavy atom. The molecule has 0 aliphatic heterocycles. The Hall–Kier alpha value is -1.89. The van der Waals surface area contributed by atoms with Gasteiger partial charge in [-0.05, 0) is 24.6 Å². The molecule has 2 rings (SSSR count). The first-order valence-corrected chi connectivity index (χ1v) is 7.55. The van der Waals surface area contributed by atoms with Crippen LogP contribution < -0.4 is 0 Å². The van der Waals surface area contributed by atoms with Gasteiger partial charge in [0.25, 0.3) is 0 Å². The third-order valence-electron chi connectivity index (χ3n) is 2.67. The normalized spacial score (nSPS) is 11.8. The summed E-state index contributed by atoms with van der Waals surface area (Å²) in [5.74, 6) is -1.43. The van der Waals surface area contributed by atoms with Crippen LogP contribution >= 0.6 is 0 Å². The topological polar surface area (TPSA) is 100 Å². The number of H-pyrrole nitrogens is 1. The second-order valence-electron chi connectivity index (χ2n) is 4.44. The Labute approximate surface area is 110 Å². The number of sulfone groups is 1. The van der Waals surface area contributed by atoms with Crippen LogP contribution in [0.4, 0.5) is 0 Å². The van der Waals surface area contributed by atoms with E-state index in [1.54, 1.807) is 0 Å². The van der Waals surface area contributed by atoms with E-state index in [2.05, 4.69) is 9.97 Å². The molecular formula is C12H14N2O4S. The zero-order valence-electron chi connectivity index (χ0n) is 10.4. The summed E-state index contributed by atoms with van der Waals surface area (Å²) < 4.78 is 23.4. The number of rotatable bonds is 5. The van der Waals surface area contributed by atoms with Gasteiger partial charge >= 0.3 is 5.97 Å². The fraction of sp³-hybridized carbons (Fsp3) is 0.333. The van der Waals surface area contributed by atoms with E-state index in [9.17, 15) is 13.2 Å². The first-order valence-electron chi connectivity index (χ1n) is 5.73. The molecule has 1 aromatic heterocycles. The van der Waals surface area contributed by atoms with Gasteiger partial charge in [0.2, 0.25) is 0 Å². The smallest absolute Gasteiger partial charge is 0.304 e. The molecule has 0 saturated carbocycles. The monoisotopic (exact) mass is 282 g/mol. The standard InChI is InChI=1S/C12H14N2O4S/c1-8-2-3-9-10(6-8)14-11(13-9)7-19(17,18)5-4-12(15)16/h2-3,6H,4-5,7H2,1H3,(H,13,14)(H,15,16). The number of aliphatic carboxylic acids is 1. The molecule has 19 heavy (non-hydrogen) atoms. The molecule has 0 fully saturated rings. The molecule has 2 N–H and O–H groups in total. The number of nitrogens with zero attached hydrogens (tertiary/aromatic N) is 1. The molecule has 0 aliphatic carbocycles. The maximum Gasteiger partial charge on any atom is 0.304 e. The molecule has 102 valence electrons. The number of fused-ring (bicyclic) bond motifs is 1. The van der Waals surface area contributed by atoms with Crippen molar-refractivity contribution < 1.29 is 18.3 Å². The minimum Gasteiger partial charge on any atom is -0.481 e. The summed E-state index contributed by atoms with van der Waals surface area (Å²) in [6.45, 7) is 1.93. The van der Waals surface area contributed by atoms with Gasteiger partial charge in [-0.2, -0.15) is 0 Å². The van der Waals surface area contributed by atoms with Crippen molar-refractivity contribution in [1.29, 1.82) is 0 Å². The van der Waals surface area contributed by atoms with Crippen LogP contribution in [-0.2, 0) is 20.4 Å². The van der Waals surface area contributed by atoms with Crippen LogP contribution in [0.2, 0.25) is 0 Å². The summed E-state index contributed by atoms with van der Waals surface area (Å²) in [5.41, 5.74) is 2.54. The van der Waals surface area contributed by atoms with E-state index in [0.29, 0.717) is 11.3 Å². The second-order valence-corrected chi connectivity index (χ2v) is 6.62. The number of carboxylic acids is 1. The predicted molar refractivity (Wildman–Crippen MR) is 70.6 cm³/mol. The van der Waals surface area contributed by atoms with Crippen LogP contribution in [0.1, 0.15) is 17.8 Å². The summed E-state index contributed by atoms with van der Waals surface area (Å²) in [4.78, 5) is 17.5. The number of aryl methyl sites for hydroxylation is 1. The molecule has 1 heterocycles. The van der Waals surface area contributed by atoms with E-state index >= 15 is 0 Å². The number of nitrogens with one attached hydrogen (secondary N) is 1. The number of carboxylic acid groups (broad SMARTS) is 1. The van der Waals surface area contributed by atoms with E-state index in [1.165, 1.54) is 0 Å². The molecule has 0 bridgehead atoms. The van der Waals surface area contributed by atoms with Gasteiger partial charge in [0.15, 0.2) is 9.84 Å². The molecule has 6 nitrogen and oxygen atoms in total. The Balaban J connectivity index is 2.19. The Bertz CT molecular complexity index is 718. The number of hydrogen-bond acceptors (Lipinski definition) is 4. The fourth-order valence-corrected chi connectivity index (χ4v) is 2.95. The molecule has 0 unspecified atom stereocenters. The molecule has 0 aliphatic rings. The highest BCUT2D eigenvalue weighted by atomic mass is 32.2. The number of benzene rings is 1. The van der Waals surface area contributed by atoms with Gasteiger partial charge in [0.1, 0.15) is 11.6 Å².